The van der Waals surface area contributed by atoms with Crippen LogP contribution in [0.1, 0.15) is 90.4 Å². The lowest BCUT2D eigenvalue weighted by atomic mass is 9.99. The first-order valence-corrected chi connectivity index (χ1v) is 18.4. The number of hydrogen-bond donors (Lipinski definition) is 7. The molecule has 3 rings (SSSR count). The third-order valence-electron chi connectivity index (χ3n) is 8.79. The molecule has 0 saturated carbocycles. The molecule has 0 amide bonds. The molecule has 0 spiro atoms. The molecule has 2 aromatic rings. The maximum absolute atomic E-state index is 13.6. The predicted molar refractivity (Wildman–Crippen MR) is 175 cm³/mol. The molecule has 0 bridgehead atoms. The SMILES string of the molecule is CCCCCCCCCCCCCC[C@@H](O)[C@@H](O)[C@H](CO[C@H]1O[C@H](CO)[C@H](O)[C@H](O)[C@H]1O)NS(=O)(=O)c1cccc2ccccc12. The first-order chi connectivity index (χ1) is 22.1. The average Bonchev–Trinajstić information content (AvgIpc) is 3.06. The van der Waals surface area contributed by atoms with Crippen LogP contribution in [0.25, 0.3) is 10.8 Å². The van der Waals surface area contributed by atoms with Crippen molar-refractivity contribution in [1.29, 1.82) is 0 Å². The van der Waals surface area contributed by atoms with Crippen LogP contribution in [0, 0.1) is 0 Å². The molecule has 11 nitrogen and oxygen atoms in total. The molecule has 1 aliphatic rings. The molecule has 262 valence electrons. The Bertz CT molecular complexity index is 1240. The van der Waals surface area contributed by atoms with E-state index >= 15 is 0 Å². The van der Waals surface area contributed by atoms with Gasteiger partial charge < -0.3 is 40.1 Å². The average molecular weight is 670 g/mol. The van der Waals surface area contributed by atoms with Gasteiger partial charge in [0.1, 0.15) is 24.4 Å². The lowest BCUT2D eigenvalue weighted by Crippen LogP contribution is -2.60. The molecular formula is C34H55NO10S. The van der Waals surface area contributed by atoms with Crippen molar-refractivity contribution in [3.63, 3.8) is 0 Å². The summed E-state index contributed by atoms with van der Waals surface area (Å²) in [6, 6.07) is 10.4. The van der Waals surface area contributed by atoms with Gasteiger partial charge in [-0.05, 0) is 17.9 Å². The molecule has 1 fully saturated rings. The summed E-state index contributed by atoms with van der Waals surface area (Å²) in [7, 11) is -4.25. The molecule has 2 aromatic carbocycles. The summed E-state index contributed by atoms with van der Waals surface area (Å²) in [4.78, 5) is -0.0221. The van der Waals surface area contributed by atoms with E-state index < -0.39 is 72.2 Å². The second-order valence-electron chi connectivity index (χ2n) is 12.5. The molecule has 1 aliphatic heterocycles. The second kappa shape index (κ2) is 20.0. The molecule has 46 heavy (non-hydrogen) atoms. The van der Waals surface area contributed by atoms with Gasteiger partial charge in [0.15, 0.2) is 6.29 Å². The first-order valence-electron chi connectivity index (χ1n) is 16.9. The highest BCUT2D eigenvalue weighted by molar-refractivity contribution is 7.89. The van der Waals surface area contributed by atoms with Gasteiger partial charge in [-0.25, -0.2) is 13.1 Å². The molecular weight excluding hydrogens is 614 g/mol. The van der Waals surface area contributed by atoms with Gasteiger partial charge in [-0.3, -0.25) is 0 Å². The van der Waals surface area contributed by atoms with Crippen LogP contribution in [-0.4, -0.2) is 101 Å². The smallest absolute Gasteiger partial charge is 0.241 e. The fourth-order valence-electron chi connectivity index (χ4n) is 5.93. The summed E-state index contributed by atoms with van der Waals surface area (Å²) < 4.78 is 40.7. The predicted octanol–water partition coefficient (Wildman–Crippen LogP) is 3.12. The fraction of sp³-hybridized carbons (Fsp3) is 0.706. The quantitative estimate of drug-likeness (QED) is 0.0919. The van der Waals surface area contributed by atoms with Crippen LogP contribution in [0.5, 0.6) is 0 Å². The number of unbranched alkanes of at least 4 members (excludes halogenated alkanes) is 11. The van der Waals surface area contributed by atoms with E-state index in [0.29, 0.717) is 17.2 Å². The van der Waals surface area contributed by atoms with E-state index in [4.69, 9.17) is 9.47 Å². The van der Waals surface area contributed by atoms with Crippen LogP contribution in [0.3, 0.4) is 0 Å². The van der Waals surface area contributed by atoms with Crippen LogP contribution in [0.2, 0.25) is 0 Å². The number of sulfonamides is 1. The number of aliphatic hydroxyl groups is 6. The van der Waals surface area contributed by atoms with E-state index in [9.17, 15) is 39.1 Å². The van der Waals surface area contributed by atoms with Gasteiger partial charge >= 0.3 is 0 Å². The molecule has 0 unspecified atom stereocenters. The largest absolute Gasteiger partial charge is 0.394 e. The zero-order valence-corrected chi connectivity index (χ0v) is 27.8. The van der Waals surface area contributed by atoms with Gasteiger partial charge in [0, 0.05) is 5.39 Å². The molecule has 8 atom stereocenters. The van der Waals surface area contributed by atoms with Gasteiger partial charge in [0.25, 0.3) is 0 Å². The molecule has 7 N–H and O–H groups in total. The maximum atomic E-state index is 13.6. The summed E-state index contributed by atoms with van der Waals surface area (Å²) >= 11 is 0. The Hall–Kier alpha value is -1.71. The number of aliphatic hydroxyl groups excluding tert-OH is 6. The van der Waals surface area contributed by atoms with Gasteiger partial charge in [0.05, 0.1) is 36.4 Å². The van der Waals surface area contributed by atoms with E-state index in [-0.39, 0.29) is 11.3 Å². The third-order valence-corrected chi connectivity index (χ3v) is 10.3. The zero-order chi connectivity index (χ0) is 33.5. The van der Waals surface area contributed by atoms with Crippen molar-refractivity contribution in [2.45, 2.75) is 144 Å². The summed E-state index contributed by atoms with van der Waals surface area (Å²) in [6.45, 7) is 1.00. The molecule has 1 saturated heterocycles. The lowest BCUT2D eigenvalue weighted by Gasteiger charge is -2.40. The Kier molecular flexibility index (Phi) is 16.8. The number of rotatable bonds is 22. The van der Waals surface area contributed by atoms with E-state index in [1.807, 2.05) is 0 Å². The maximum Gasteiger partial charge on any atom is 0.241 e. The second-order valence-corrected chi connectivity index (χ2v) is 14.2. The monoisotopic (exact) mass is 669 g/mol. The van der Waals surface area contributed by atoms with Gasteiger partial charge in [-0.1, -0.05) is 120 Å². The van der Waals surface area contributed by atoms with Crippen LogP contribution in [0.15, 0.2) is 47.4 Å². The number of ether oxygens (including phenoxy) is 2. The zero-order valence-electron chi connectivity index (χ0n) is 27.0. The summed E-state index contributed by atoms with van der Waals surface area (Å²) in [6.07, 6.45) is 3.37. The van der Waals surface area contributed by atoms with Crippen LogP contribution >= 0.6 is 0 Å². The van der Waals surface area contributed by atoms with Crippen LogP contribution in [0.4, 0.5) is 0 Å². The number of fused-ring (bicyclic) bond motifs is 1. The van der Waals surface area contributed by atoms with E-state index in [1.165, 1.54) is 57.4 Å². The summed E-state index contributed by atoms with van der Waals surface area (Å²) in [5, 5.41) is 63.4. The van der Waals surface area contributed by atoms with Crippen molar-refractivity contribution >= 4 is 20.8 Å². The number of hydrogen-bond acceptors (Lipinski definition) is 10. The Balaban J connectivity index is 1.60. The highest BCUT2D eigenvalue weighted by Gasteiger charge is 2.44. The minimum absolute atomic E-state index is 0.0221. The molecule has 0 aliphatic carbocycles. The van der Waals surface area contributed by atoms with Crippen LogP contribution < -0.4 is 4.72 Å². The van der Waals surface area contributed by atoms with E-state index in [1.54, 1.807) is 36.4 Å². The van der Waals surface area contributed by atoms with Crippen molar-refractivity contribution < 1.29 is 48.5 Å². The fourth-order valence-corrected chi connectivity index (χ4v) is 7.40. The van der Waals surface area contributed by atoms with Gasteiger partial charge in [-0.2, -0.15) is 0 Å². The van der Waals surface area contributed by atoms with Crippen molar-refractivity contribution in [2.75, 3.05) is 13.2 Å². The van der Waals surface area contributed by atoms with Gasteiger partial charge in [-0.15, -0.1) is 0 Å². The standard InChI is InChI=1S/C34H55NO10S/c1-2-3-4-5-6-7-8-9-10-11-12-13-20-27(37)30(38)26(23-44-34-33(41)32(40)31(39)28(22-36)45-34)35-46(42,43)29-21-16-18-24-17-14-15-19-25(24)29/h14-19,21,26-28,30-41H,2-13,20,22-23H2,1H3/t26-,27+,28+,30-,31-,32-,33+,34-/m0/s1. The van der Waals surface area contributed by atoms with Gasteiger partial charge in [0.2, 0.25) is 10.0 Å². The normalized spacial score (nSPS) is 24.2. The lowest BCUT2D eigenvalue weighted by molar-refractivity contribution is -0.303. The van der Waals surface area contributed by atoms with E-state index in [0.717, 1.165) is 19.3 Å². The number of benzene rings is 2. The molecule has 12 heteroatoms. The van der Waals surface area contributed by atoms with Crippen molar-refractivity contribution in [3.05, 3.63) is 42.5 Å². The molecule has 0 aromatic heterocycles. The Labute approximate surface area is 273 Å². The topological polar surface area (TPSA) is 186 Å². The Morgan fingerprint density at radius 2 is 1.39 bits per heavy atom. The molecule has 1 heterocycles. The Morgan fingerprint density at radius 3 is 2.02 bits per heavy atom. The minimum Gasteiger partial charge on any atom is -0.394 e. The minimum atomic E-state index is -4.25. The van der Waals surface area contributed by atoms with Crippen molar-refractivity contribution in [2.24, 2.45) is 0 Å². The number of nitrogens with one attached hydrogen (secondary N) is 1. The Morgan fingerprint density at radius 1 is 0.804 bits per heavy atom. The highest BCUT2D eigenvalue weighted by Crippen LogP contribution is 2.25. The van der Waals surface area contributed by atoms with Crippen molar-refractivity contribution in [3.8, 4) is 0 Å². The summed E-state index contributed by atoms with van der Waals surface area (Å²) in [5.41, 5.74) is 0. The third kappa shape index (κ3) is 11.5. The molecule has 0 radical (unpaired) electrons. The first kappa shape index (κ1) is 38.7. The van der Waals surface area contributed by atoms with Crippen molar-refractivity contribution in [1.82, 2.24) is 4.72 Å². The van der Waals surface area contributed by atoms with E-state index in [2.05, 4.69) is 11.6 Å². The van der Waals surface area contributed by atoms with Crippen LogP contribution in [-0.2, 0) is 19.5 Å². The highest BCUT2D eigenvalue weighted by atomic mass is 32.2. The summed E-state index contributed by atoms with van der Waals surface area (Å²) in [5.74, 6) is 0.